The number of aromatic nitrogens is 4. The highest BCUT2D eigenvalue weighted by atomic mass is 35.5. The summed E-state index contributed by atoms with van der Waals surface area (Å²) in [4.78, 5) is 8.13. The molecule has 0 aliphatic rings. The SMILES string of the molecule is Cc1cc(C)nc(-n2nc(C(F)F)c(C#N)c2Cl)n1. The van der Waals surface area contributed by atoms with Crippen molar-refractivity contribution in [3.05, 3.63) is 33.9 Å². The number of nitrogens with zero attached hydrogens (tertiary/aromatic N) is 5. The summed E-state index contributed by atoms with van der Waals surface area (Å²) in [6.45, 7) is 3.46. The smallest absolute Gasteiger partial charge is 0.216 e. The van der Waals surface area contributed by atoms with Crippen LogP contribution >= 0.6 is 11.6 Å². The molecule has 0 atom stereocenters. The van der Waals surface area contributed by atoms with Gasteiger partial charge in [0.05, 0.1) is 0 Å². The molecule has 0 amide bonds. The molecule has 0 saturated carbocycles. The van der Waals surface area contributed by atoms with Crippen molar-refractivity contribution < 1.29 is 8.78 Å². The van der Waals surface area contributed by atoms with Crippen LogP contribution in [0.3, 0.4) is 0 Å². The van der Waals surface area contributed by atoms with E-state index in [0.29, 0.717) is 11.4 Å². The van der Waals surface area contributed by atoms with Crippen LogP contribution in [-0.2, 0) is 0 Å². The fourth-order valence-corrected chi connectivity index (χ4v) is 1.86. The van der Waals surface area contributed by atoms with E-state index in [1.54, 1.807) is 26.0 Å². The quantitative estimate of drug-likeness (QED) is 0.850. The van der Waals surface area contributed by atoms with Crippen LogP contribution in [0.2, 0.25) is 5.15 Å². The molecule has 0 N–H and O–H groups in total. The van der Waals surface area contributed by atoms with Crippen LogP contribution in [0.5, 0.6) is 0 Å². The van der Waals surface area contributed by atoms with Gasteiger partial charge in [-0.1, -0.05) is 11.6 Å². The van der Waals surface area contributed by atoms with E-state index in [1.807, 2.05) is 0 Å². The topological polar surface area (TPSA) is 67.4 Å². The molecule has 0 bridgehead atoms. The van der Waals surface area contributed by atoms with Gasteiger partial charge in [0.25, 0.3) is 12.4 Å². The fraction of sp³-hybridized carbons (Fsp3) is 0.273. The lowest BCUT2D eigenvalue weighted by Crippen LogP contribution is -2.06. The van der Waals surface area contributed by atoms with E-state index in [0.717, 1.165) is 4.68 Å². The molecule has 0 unspecified atom stereocenters. The molecule has 2 heterocycles. The Bertz CT molecular complexity index is 654. The maximum atomic E-state index is 12.8. The zero-order chi connectivity index (χ0) is 14.2. The summed E-state index contributed by atoms with van der Waals surface area (Å²) < 4.78 is 26.5. The molecular formula is C11H8ClF2N5. The average molecular weight is 284 g/mol. The Morgan fingerprint density at radius 3 is 2.32 bits per heavy atom. The highest BCUT2D eigenvalue weighted by Crippen LogP contribution is 2.28. The Hall–Kier alpha value is -2.07. The maximum Gasteiger partial charge on any atom is 0.283 e. The molecule has 0 aliphatic heterocycles. The Morgan fingerprint density at radius 1 is 1.32 bits per heavy atom. The number of halogens is 3. The first kappa shape index (κ1) is 13.4. The van der Waals surface area contributed by atoms with Gasteiger partial charge >= 0.3 is 0 Å². The Morgan fingerprint density at radius 2 is 1.89 bits per heavy atom. The van der Waals surface area contributed by atoms with E-state index in [1.165, 1.54) is 0 Å². The second-order valence-corrected chi connectivity index (χ2v) is 4.18. The Labute approximate surface area is 112 Å². The van der Waals surface area contributed by atoms with E-state index < -0.39 is 12.1 Å². The molecule has 0 aromatic carbocycles. The van der Waals surface area contributed by atoms with E-state index >= 15 is 0 Å². The molecule has 8 heteroatoms. The van der Waals surface area contributed by atoms with E-state index in [2.05, 4.69) is 15.1 Å². The normalized spacial score (nSPS) is 10.8. The Balaban J connectivity index is 2.67. The van der Waals surface area contributed by atoms with Gasteiger partial charge < -0.3 is 0 Å². The lowest BCUT2D eigenvalue weighted by molar-refractivity contribution is 0.145. The molecule has 0 aliphatic carbocycles. The molecule has 19 heavy (non-hydrogen) atoms. The second-order valence-electron chi connectivity index (χ2n) is 3.83. The minimum Gasteiger partial charge on any atom is -0.216 e. The van der Waals surface area contributed by atoms with E-state index in [-0.39, 0.29) is 16.7 Å². The molecule has 5 nitrogen and oxygen atoms in total. The van der Waals surface area contributed by atoms with Crippen LogP contribution in [0.1, 0.15) is 29.1 Å². The van der Waals surface area contributed by atoms with Crippen molar-refractivity contribution in [3.63, 3.8) is 0 Å². The van der Waals surface area contributed by atoms with Gasteiger partial charge in [0.1, 0.15) is 17.3 Å². The highest BCUT2D eigenvalue weighted by Gasteiger charge is 2.24. The van der Waals surface area contributed by atoms with Gasteiger partial charge in [-0.25, -0.2) is 18.7 Å². The summed E-state index contributed by atoms with van der Waals surface area (Å²) in [5, 5.41) is 12.3. The number of rotatable bonds is 2. The summed E-state index contributed by atoms with van der Waals surface area (Å²) in [5.41, 5.74) is 0.257. The third kappa shape index (κ3) is 2.39. The minimum atomic E-state index is -2.89. The summed E-state index contributed by atoms with van der Waals surface area (Å²) in [6, 6.07) is 3.34. The molecular weight excluding hydrogens is 276 g/mol. The third-order valence-corrected chi connectivity index (χ3v) is 2.68. The molecule has 0 saturated heterocycles. The summed E-state index contributed by atoms with van der Waals surface area (Å²) in [6.07, 6.45) is -2.89. The van der Waals surface area contributed by atoms with Crippen molar-refractivity contribution in [3.8, 4) is 12.0 Å². The minimum absolute atomic E-state index is 0.0610. The van der Waals surface area contributed by atoms with Crippen molar-refractivity contribution in [1.29, 1.82) is 5.26 Å². The van der Waals surface area contributed by atoms with Crippen LogP contribution in [-0.4, -0.2) is 19.7 Å². The number of alkyl halides is 2. The zero-order valence-corrected chi connectivity index (χ0v) is 10.8. The lowest BCUT2D eigenvalue weighted by atomic mass is 10.3. The number of hydrogen-bond acceptors (Lipinski definition) is 4. The summed E-state index contributed by atoms with van der Waals surface area (Å²) >= 11 is 5.88. The van der Waals surface area contributed by atoms with Gasteiger partial charge in [-0.05, 0) is 19.9 Å². The van der Waals surface area contributed by atoms with Gasteiger partial charge in [-0.2, -0.15) is 15.0 Å². The first-order valence-electron chi connectivity index (χ1n) is 5.23. The maximum absolute atomic E-state index is 12.8. The van der Waals surface area contributed by atoms with Crippen LogP contribution < -0.4 is 0 Å². The van der Waals surface area contributed by atoms with Gasteiger partial charge in [0, 0.05) is 11.4 Å². The first-order valence-corrected chi connectivity index (χ1v) is 5.61. The standard InChI is InChI=1S/C11H8ClF2N5/c1-5-3-6(2)17-11(16-5)19-9(12)7(4-15)8(18-19)10(13)14/h3,10H,1-2H3. The molecule has 2 rings (SSSR count). The monoisotopic (exact) mass is 283 g/mol. The number of nitriles is 1. The van der Waals surface area contributed by atoms with Gasteiger partial charge in [-0.3, -0.25) is 0 Å². The predicted octanol–water partition coefficient (Wildman–Crippen LogP) is 2.74. The fourth-order valence-electron chi connectivity index (χ4n) is 1.60. The summed E-state index contributed by atoms with van der Waals surface area (Å²) in [7, 11) is 0. The lowest BCUT2D eigenvalue weighted by Gasteiger charge is -2.03. The van der Waals surface area contributed by atoms with Gasteiger partial charge in [-0.15, -0.1) is 0 Å². The Kier molecular flexibility index (Phi) is 3.44. The molecule has 0 spiro atoms. The highest BCUT2D eigenvalue weighted by molar-refractivity contribution is 6.31. The van der Waals surface area contributed by atoms with E-state index in [4.69, 9.17) is 16.9 Å². The average Bonchev–Trinajstić information content (AvgIpc) is 2.65. The molecule has 98 valence electrons. The van der Waals surface area contributed by atoms with Crippen LogP contribution in [0.15, 0.2) is 6.07 Å². The van der Waals surface area contributed by atoms with Crippen molar-refractivity contribution in [2.45, 2.75) is 20.3 Å². The molecule has 2 aromatic rings. The van der Waals surface area contributed by atoms with Gasteiger partial charge in [0.2, 0.25) is 0 Å². The molecule has 0 fully saturated rings. The van der Waals surface area contributed by atoms with E-state index in [9.17, 15) is 8.78 Å². The first-order chi connectivity index (χ1) is 8.93. The van der Waals surface area contributed by atoms with Gasteiger partial charge in [0.15, 0.2) is 5.15 Å². The van der Waals surface area contributed by atoms with Crippen molar-refractivity contribution in [2.75, 3.05) is 0 Å². The number of hydrogen-bond donors (Lipinski definition) is 0. The second kappa shape index (κ2) is 4.90. The van der Waals surface area contributed by atoms with Crippen LogP contribution in [0.4, 0.5) is 8.78 Å². The van der Waals surface area contributed by atoms with Crippen molar-refractivity contribution in [1.82, 2.24) is 19.7 Å². The zero-order valence-electron chi connectivity index (χ0n) is 10.0. The third-order valence-electron chi connectivity index (χ3n) is 2.33. The molecule has 0 radical (unpaired) electrons. The largest absolute Gasteiger partial charge is 0.283 e. The molecule has 2 aromatic heterocycles. The van der Waals surface area contributed by atoms with Crippen molar-refractivity contribution >= 4 is 11.6 Å². The van der Waals surface area contributed by atoms with Crippen LogP contribution in [0.25, 0.3) is 5.95 Å². The predicted molar refractivity (Wildman–Crippen MR) is 63.3 cm³/mol. The number of aryl methyl sites for hydroxylation is 2. The van der Waals surface area contributed by atoms with Crippen LogP contribution in [0, 0.1) is 25.2 Å². The van der Waals surface area contributed by atoms with Crippen molar-refractivity contribution in [2.24, 2.45) is 0 Å². The summed E-state index contributed by atoms with van der Waals surface area (Å²) in [5.74, 6) is 0.0610.